The molecule has 0 radical (unpaired) electrons. The van der Waals surface area contributed by atoms with Gasteiger partial charge in [-0.05, 0) is 50.1 Å². The second-order valence-corrected chi connectivity index (χ2v) is 6.34. The van der Waals surface area contributed by atoms with Crippen LogP contribution in [0.1, 0.15) is 27.7 Å². The van der Waals surface area contributed by atoms with Crippen LogP contribution in [0.4, 0.5) is 0 Å². The number of hydrogen-bond donors (Lipinski definition) is 1. The van der Waals surface area contributed by atoms with Crippen LogP contribution in [0, 0.1) is 5.41 Å². The molecule has 2 nitrogen and oxygen atoms in total. The normalized spacial score (nSPS) is 11.9. The van der Waals surface area contributed by atoms with E-state index in [1.807, 2.05) is 37.7 Å². The Morgan fingerprint density at radius 2 is 1.82 bits per heavy atom. The molecule has 0 amide bonds. The Morgan fingerprint density at radius 3 is 2.29 bits per heavy atom. The van der Waals surface area contributed by atoms with E-state index in [-0.39, 0.29) is 11.5 Å². The number of nitrogens with two attached hydrogens (primary N) is 1. The Balaban J connectivity index is 2.51. The maximum atomic E-state index is 5.72. The Bertz CT molecular complexity index is 333. The lowest BCUT2D eigenvalue weighted by Crippen LogP contribution is -2.25. The second kappa shape index (κ2) is 6.31. The highest BCUT2D eigenvalue weighted by atomic mass is 32.2. The predicted molar refractivity (Wildman–Crippen MR) is 75.8 cm³/mol. The quantitative estimate of drug-likeness (QED) is 0.787. The fraction of sp³-hybridized carbons (Fsp3) is 0.571. The number of benzene rings is 1. The summed E-state index contributed by atoms with van der Waals surface area (Å²) in [4.78, 5) is 1.27. The van der Waals surface area contributed by atoms with Crippen LogP contribution in [0.15, 0.2) is 29.2 Å². The van der Waals surface area contributed by atoms with Gasteiger partial charge >= 0.3 is 0 Å². The summed E-state index contributed by atoms with van der Waals surface area (Å²) < 4.78 is 5.61. The Labute approximate surface area is 109 Å². The maximum Gasteiger partial charge on any atom is 0.119 e. The van der Waals surface area contributed by atoms with Crippen molar-refractivity contribution in [2.24, 2.45) is 11.1 Å². The molecule has 0 aliphatic heterocycles. The molecule has 3 heteroatoms. The van der Waals surface area contributed by atoms with E-state index in [1.165, 1.54) is 4.90 Å². The van der Waals surface area contributed by atoms with E-state index < -0.39 is 0 Å². The summed E-state index contributed by atoms with van der Waals surface area (Å²) in [5.74, 6) is 1.97. The summed E-state index contributed by atoms with van der Waals surface area (Å²) in [7, 11) is 0. The van der Waals surface area contributed by atoms with Crippen LogP contribution in [0.2, 0.25) is 0 Å². The lowest BCUT2D eigenvalue weighted by Gasteiger charge is -2.21. The van der Waals surface area contributed by atoms with Gasteiger partial charge in [0.05, 0.1) is 6.10 Å². The van der Waals surface area contributed by atoms with Gasteiger partial charge < -0.3 is 10.5 Å². The fourth-order valence-electron chi connectivity index (χ4n) is 1.22. The summed E-state index contributed by atoms with van der Waals surface area (Å²) in [6.45, 7) is 9.17. The number of thioether (sulfide) groups is 1. The van der Waals surface area contributed by atoms with Gasteiger partial charge in [0.1, 0.15) is 5.75 Å². The van der Waals surface area contributed by atoms with Gasteiger partial charge in [-0.15, -0.1) is 11.8 Å². The van der Waals surface area contributed by atoms with Gasteiger partial charge in [-0.3, -0.25) is 0 Å². The number of hydrogen-bond acceptors (Lipinski definition) is 3. The van der Waals surface area contributed by atoms with Crippen LogP contribution < -0.4 is 10.5 Å². The Kier molecular flexibility index (Phi) is 5.34. The van der Waals surface area contributed by atoms with Crippen LogP contribution >= 0.6 is 11.8 Å². The van der Waals surface area contributed by atoms with Crippen LogP contribution in [0.3, 0.4) is 0 Å². The summed E-state index contributed by atoms with van der Waals surface area (Å²) in [6, 6.07) is 8.26. The monoisotopic (exact) mass is 253 g/mol. The average Bonchev–Trinajstić information content (AvgIpc) is 2.28. The SMILES string of the molecule is CC(C)Oc1ccc(SCC(C)(C)CN)cc1. The van der Waals surface area contributed by atoms with Crippen molar-refractivity contribution in [3.05, 3.63) is 24.3 Å². The van der Waals surface area contributed by atoms with E-state index in [1.54, 1.807) is 0 Å². The average molecular weight is 253 g/mol. The molecular formula is C14H23NOS. The third-order valence-corrected chi connectivity index (χ3v) is 3.91. The van der Waals surface area contributed by atoms with Crippen molar-refractivity contribution in [1.29, 1.82) is 0 Å². The topological polar surface area (TPSA) is 35.2 Å². The zero-order valence-corrected chi connectivity index (χ0v) is 12.0. The minimum atomic E-state index is 0.192. The number of ether oxygens (including phenoxy) is 1. The third-order valence-electron chi connectivity index (χ3n) is 2.38. The molecule has 0 spiro atoms. The van der Waals surface area contributed by atoms with Gasteiger partial charge in [-0.2, -0.15) is 0 Å². The van der Waals surface area contributed by atoms with Crippen LogP contribution in [-0.4, -0.2) is 18.4 Å². The molecule has 17 heavy (non-hydrogen) atoms. The lowest BCUT2D eigenvalue weighted by atomic mass is 9.97. The van der Waals surface area contributed by atoms with Gasteiger partial charge in [0.25, 0.3) is 0 Å². The Morgan fingerprint density at radius 1 is 1.24 bits per heavy atom. The maximum absolute atomic E-state index is 5.72. The molecule has 1 aromatic carbocycles. The van der Waals surface area contributed by atoms with E-state index in [0.717, 1.165) is 11.5 Å². The summed E-state index contributed by atoms with van der Waals surface area (Å²) in [6.07, 6.45) is 0.227. The first-order valence-corrected chi connectivity index (χ1v) is 7.01. The van der Waals surface area contributed by atoms with Crippen LogP contribution in [0.25, 0.3) is 0 Å². The van der Waals surface area contributed by atoms with Crippen molar-refractivity contribution >= 4 is 11.8 Å². The zero-order chi connectivity index (χ0) is 12.9. The van der Waals surface area contributed by atoms with Crippen LogP contribution in [0.5, 0.6) is 5.75 Å². The highest BCUT2D eigenvalue weighted by Gasteiger charge is 2.15. The number of rotatable bonds is 6. The van der Waals surface area contributed by atoms with Gasteiger partial charge in [-0.25, -0.2) is 0 Å². The zero-order valence-electron chi connectivity index (χ0n) is 11.2. The van der Waals surface area contributed by atoms with Crippen molar-refractivity contribution in [2.45, 2.75) is 38.7 Å². The van der Waals surface area contributed by atoms with Crippen LogP contribution in [-0.2, 0) is 0 Å². The molecule has 0 bridgehead atoms. The molecule has 0 atom stereocenters. The van der Waals surface area contributed by atoms with Gasteiger partial charge in [0.15, 0.2) is 0 Å². The molecule has 1 aromatic rings. The highest BCUT2D eigenvalue weighted by molar-refractivity contribution is 7.99. The van der Waals surface area contributed by atoms with E-state index in [9.17, 15) is 0 Å². The van der Waals surface area contributed by atoms with Crippen molar-refractivity contribution in [1.82, 2.24) is 0 Å². The minimum absolute atomic E-state index is 0.192. The predicted octanol–water partition coefficient (Wildman–Crippen LogP) is 3.55. The van der Waals surface area contributed by atoms with Gasteiger partial charge in [0, 0.05) is 10.6 Å². The molecule has 96 valence electrons. The summed E-state index contributed by atoms with van der Waals surface area (Å²) in [5, 5.41) is 0. The smallest absolute Gasteiger partial charge is 0.119 e. The molecule has 0 aliphatic carbocycles. The minimum Gasteiger partial charge on any atom is -0.491 e. The standard InChI is InChI=1S/C14H23NOS/c1-11(2)16-12-5-7-13(8-6-12)17-10-14(3,4)9-15/h5-8,11H,9-10,15H2,1-4H3. The molecule has 0 unspecified atom stereocenters. The largest absolute Gasteiger partial charge is 0.491 e. The molecule has 0 aromatic heterocycles. The first-order valence-electron chi connectivity index (χ1n) is 6.02. The van der Waals surface area contributed by atoms with Crippen molar-refractivity contribution in [2.75, 3.05) is 12.3 Å². The van der Waals surface area contributed by atoms with E-state index in [4.69, 9.17) is 10.5 Å². The van der Waals surface area contributed by atoms with Gasteiger partial charge in [0.2, 0.25) is 0 Å². The van der Waals surface area contributed by atoms with E-state index >= 15 is 0 Å². The van der Waals surface area contributed by atoms with Crippen molar-refractivity contribution < 1.29 is 4.74 Å². The summed E-state index contributed by atoms with van der Waals surface area (Å²) in [5.41, 5.74) is 5.91. The fourth-order valence-corrected chi connectivity index (χ4v) is 2.23. The van der Waals surface area contributed by atoms with Gasteiger partial charge in [-0.1, -0.05) is 13.8 Å². The summed E-state index contributed by atoms with van der Waals surface area (Å²) >= 11 is 1.84. The first kappa shape index (κ1) is 14.4. The molecule has 0 fully saturated rings. The Hall–Kier alpha value is -0.670. The first-order chi connectivity index (χ1) is 7.93. The molecule has 0 saturated heterocycles. The third kappa shape index (κ3) is 5.46. The highest BCUT2D eigenvalue weighted by Crippen LogP contribution is 2.28. The lowest BCUT2D eigenvalue weighted by molar-refractivity contribution is 0.242. The molecule has 0 saturated carbocycles. The molecule has 0 aliphatic rings. The second-order valence-electron chi connectivity index (χ2n) is 5.30. The molecular weight excluding hydrogens is 230 g/mol. The molecule has 2 N–H and O–H groups in total. The van der Waals surface area contributed by atoms with Crippen molar-refractivity contribution in [3.63, 3.8) is 0 Å². The van der Waals surface area contributed by atoms with E-state index in [0.29, 0.717) is 6.54 Å². The van der Waals surface area contributed by atoms with Crippen molar-refractivity contribution in [3.8, 4) is 5.75 Å². The van der Waals surface area contributed by atoms with E-state index in [2.05, 4.69) is 26.0 Å². The molecule has 0 heterocycles. The molecule has 1 rings (SSSR count).